The number of ether oxygens (including phenoxy) is 2. The molecule has 0 radical (unpaired) electrons. The van der Waals surface area contributed by atoms with Crippen molar-refractivity contribution in [2.45, 2.75) is 0 Å². The van der Waals surface area contributed by atoms with Gasteiger partial charge in [0.15, 0.2) is 5.82 Å². The third kappa shape index (κ3) is 5.28. The average Bonchev–Trinajstić information content (AvgIpc) is 2.92. The largest absolute Gasteiger partial charge is 0.378 e. The molecule has 3 aromatic rings. The Balaban J connectivity index is 1.43. The SMILES string of the molecule is CN(c1ccnc(Nc2cc(N3CCOCC3)cc(N3CCOCC3)n2)n1)c1ccc(F)c(Cl)c1F. The second kappa shape index (κ2) is 10.8. The maximum atomic E-state index is 14.6. The van der Waals surface area contributed by atoms with Gasteiger partial charge in [-0.05, 0) is 18.2 Å². The highest BCUT2D eigenvalue weighted by atomic mass is 35.5. The number of pyridine rings is 1. The molecule has 2 aliphatic heterocycles. The van der Waals surface area contributed by atoms with E-state index in [1.807, 2.05) is 6.07 Å². The van der Waals surface area contributed by atoms with Gasteiger partial charge in [-0.3, -0.25) is 0 Å². The number of halogens is 3. The van der Waals surface area contributed by atoms with Gasteiger partial charge in [-0.1, -0.05) is 11.6 Å². The molecule has 0 amide bonds. The van der Waals surface area contributed by atoms with Crippen molar-refractivity contribution in [3.8, 4) is 0 Å². The van der Waals surface area contributed by atoms with E-state index in [9.17, 15) is 8.78 Å². The van der Waals surface area contributed by atoms with E-state index in [2.05, 4.69) is 31.2 Å². The normalized spacial score (nSPS) is 16.2. The molecule has 5 rings (SSSR count). The lowest BCUT2D eigenvalue weighted by Crippen LogP contribution is -2.38. The van der Waals surface area contributed by atoms with E-state index in [-0.39, 0.29) is 11.6 Å². The van der Waals surface area contributed by atoms with E-state index < -0.39 is 16.7 Å². The number of anilines is 6. The van der Waals surface area contributed by atoms with Gasteiger partial charge in [0.25, 0.3) is 0 Å². The Morgan fingerprint density at radius 1 is 0.944 bits per heavy atom. The van der Waals surface area contributed by atoms with Crippen LogP contribution in [0.25, 0.3) is 0 Å². The Bertz CT molecular complexity index is 1190. The van der Waals surface area contributed by atoms with Crippen molar-refractivity contribution in [1.82, 2.24) is 15.0 Å². The molecule has 2 fully saturated rings. The van der Waals surface area contributed by atoms with Gasteiger partial charge < -0.3 is 29.5 Å². The monoisotopic (exact) mass is 517 g/mol. The number of morpholine rings is 2. The van der Waals surface area contributed by atoms with Crippen molar-refractivity contribution < 1.29 is 18.3 Å². The number of nitrogens with one attached hydrogen (secondary N) is 1. The first-order valence-electron chi connectivity index (χ1n) is 11.6. The predicted octanol–water partition coefficient (Wildman–Crippen LogP) is 3.99. The summed E-state index contributed by atoms with van der Waals surface area (Å²) in [6.07, 6.45) is 1.55. The Hall–Kier alpha value is -3.28. The van der Waals surface area contributed by atoms with Crippen LogP contribution in [0.5, 0.6) is 0 Å². The number of hydrogen-bond acceptors (Lipinski definition) is 9. The Kier molecular flexibility index (Phi) is 7.30. The molecule has 36 heavy (non-hydrogen) atoms. The molecule has 0 unspecified atom stereocenters. The topological polar surface area (TPSA) is 78.9 Å². The fourth-order valence-electron chi connectivity index (χ4n) is 4.13. The lowest BCUT2D eigenvalue weighted by atomic mass is 10.2. The second-order valence-corrected chi connectivity index (χ2v) is 8.76. The summed E-state index contributed by atoms with van der Waals surface area (Å²) >= 11 is 5.76. The summed E-state index contributed by atoms with van der Waals surface area (Å²) in [5.74, 6) is 0.415. The second-order valence-electron chi connectivity index (χ2n) is 8.38. The highest BCUT2D eigenvalue weighted by Gasteiger charge is 2.20. The van der Waals surface area contributed by atoms with Crippen LogP contribution in [0.15, 0.2) is 36.5 Å². The smallest absolute Gasteiger partial charge is 0.230 e. The highest BCUT2D eigenvalue weighted by Crippen LogP contribution is 2.32. The first-order valence-corrected chi connectivity index (χ1v) is 12.0. The van der Waals surface area contributed by atoms with Crippen LogP contribution in [0.1, 0.15) is 0 Å². The summed E-state index contributed by atoms with van der Waals surface area (Å²) < 4.78 is 39.2. The summed E-state index contributed by atoms with van der Waals surface area (Å²) in [5.41, 5.74) is 1.11. The molecule has 9 nitrogen and oxygen atoms in total. The number of hydrogen-bond donors (Lipinski definition) is 1. The summed E-state index contributed by atoms with van der Waals surface area (Å²) in [6, 6.07) is 8.08. The van der Waals surface area contributed by atoms with Crippen molar-refractivity contribution >= 4 is 46.4 Å². The average molecular weight is 518 g/mol. The lowest BCUT2D eigenvalue weighted by molar-refractivity contribution is 0.122. The molecule has 0 aliphatic carbocycles. The fourth-order valence-corrected chi connectivity index (χ4v) is 4.29. The van der Waals surface area contributed by atoms with Crippen molar-refractivity contribution in [3.63, 3.8) is 0 Å². The van der Waals surface area contributed by atoms with Crippen LogP contribution >= 0.6 is 11.6 Å². The molecule has 2 aliphatic rings. The van der Waals surface area contributed by atoms with E-state index in [4.69, 9.17) is 26.1 Å². The number of benzene rings is 1. The van der Waals surface area contributed by atoms with Crippen LogP contribution in [-0.2, 0) is 9.47 Å². The van der Waals surface area contributed by atoms with E-state index >= 15 is 0 Å². The minimum absolute atomic E-state index is 0.0908. The molecule has 190 valence electrons. The van der Waals surface area contributed by atoms with Gasteiger partial charge in [0.2, 0.25) is 5.95 Å². The van der Waals surface area contributed by atoms with Crippen LogP contribution in [0.3, 0.4) is 0 Å². The molecule has 0 spiro atoms. The van der Waals surface area contributed by atoms with Crippen molar-refractivity contribution in [2.75, 3.05) is 79.7 Å². The molecule has 1 N–H and O–H groups in total. The highest BCUT2D eigenvalue weighted by molar-refractivity contribution is 6.31. The van der Waals surface area contributed by atoms with Crippen molar-refractivity contribution in [3.05, 3.63) is 53.2 Å². The first kappa shape index (κ1) is 24.4. The zero-order valence-electron chi connectivity index (χ0n) is 19.8. The molecule has 0 bridgehead atoms. The molecular formula is C24H26ClF2N7O2. The van der Waals surface area contributed by atoms with E-state index in [1.54, 1.807) is 19.3 Å². The van der Waals surface area contributed by atoms with E-state index in [0.717, 1.165) is 43.8 Å². The molecule has 12 heteroatoms. The van der Waals surface area contributed by atoms with Crippen molar-refractivity contribution in [1.29, 1.82) is 0 Å². The van der Waals surface area contributed by atoms with Crippen LogP contribution in [-0.4, -0.2) is 74.6 Å². The summed E-state index contributed by atoms with van der Waals surface area (Å²) in [5, 5.41) is 2.63. The van der Waals surface area contributed by atoms with E-state index in [0.29, 0.717) is 38.1 Å². The first-order chi connectivity index (χ1) is 17.5. The lowest BCUT2D eigenvalue weighted by Gasteiger charge is -2.32. The molecular weight excluding hydrogens is 492 g/mol. The molecule has 4 heterocycles. The van der Waals surface area contributed by atoms with Crippen molar-refractivity contribution in [2.24, 2.45) is 0 Å². The maximum absolute atomic E-state index is 14.6. The van der Waals surface area contributed by atoms with Gasteiger partial charge in [0.1, 0.15) is 28.3 Å². The fraction of sp³-hybridized carbons (Fsp3) is 0.375. The third-order valence-electron chi connectivity index (χ3n) is 6.11. The van der Waals surface area contributed by atoms with Gasteiger partial charge >= 0.3 is 0 Å². The predicted molar refractivity (Wildman–Crippen MR) is 135 cm³/mol. The van der Waals surface area contributed by atoms with Crippen LogP contribution in [0.4, 0.5) is 43.6 Å². The van der Waals surface area contributed by atoms with Gasteiger partial charge in [0.05, 0.1) is 32.1 Å². The molecule has 2 aromatic heterocycles. The third-order valence-corrected chi connectivity index (χ3v) is 6.45. The zero-order chi connectivity index (χ0) is 25.1. The standard InChI is InChI=1S/C24H26ClF2N7O2/c1-32(18-3-2-17(26)22(25)23(18)27)20-4-5-28-24(31-20)30-19-14-16(33-6-10-35-11-7-33)15-21(29-19)34-8-12-36-13-9-34/h2-5,14-15H,6-13H2,1H3,(H,28,29,30,31). The Morgan fingerprint density at radius 2 is 1.64 bits per heavy atom. The zero-order valence-corrected chi connectivity index (χ0v) is 20.5. The van der Waals surface area contributed by atoms with E-state index in [1.165, 1.54) is 11.0 Å². The molecule has 2 saturated heterocycles. The molecule has 1 aromatic carbocycles. The number of nitrogens with zero attached hydrogens (tertiary/aromatic N) is 6. The minimum Gasteiger partial charge on any atom is -0.378 e. The molecule has 0 atom stereocenters. The maximum Gasteiger partial charge on any atom is 0.230 e. The Labute approximate surface area is 212 Å². The quantitative estimate of drug-likeness (QED) is 0.488. The minimum atomic E-state index is -0.859. The van der Waals surface area contributed by atoms with Crippen LogP contribution in [0, 0.1) is 11.6 Å². The summed E-state index contributed by atoms with van der Waals surface area (Å²) in [6.45, 7) is 5.70. The van der Waals surface area contributed by atoms with Gasteiger partial charge in [-0.2, -0.15) is 4.98 Å². The summed E-state index contributed by atoms with van der Waals surface area (Å²) in [7, 11) is 1.62. The number of aromatic nitrogens is 3. The Morgan fingerprint density at radius 3 is 2.36 bits per heavy atom. The van der Waals surface area contributed by atoms with Gasteiger partial charge in [0, 0.05) is 57.2 Å². The van der Waals surface area contributed by atoms with Crippen LogP contribution in [0.2, 0.25) is 5.02 Å². The van der Waals surface area contributed by atoms with Gasteiger partial charge in [-0.15, -0.1) is 0 Å². The summed E-state index contributed by atoms with van der Waals surface area (Å²) in [4.78, 5) is 19.6. The molecule has 0 saturated carbocycles. The van der Waals surface area contributed by atoms with Crippen LogP contribution < -0.4 is 20.0 Å². The van der Waals surface area contributed by atoms with Gasteiger partial charge in [-0.25, -0.2) is 18.7 Å². The number of rotatable bonds is 6.